The van der Waals surface area contributed by atoms with Gasteiger partial charge in [-0.2, -0.15) is 13.2 Å². The number of aryl methyl sites for hydroxylation is 1. The number of nitrogens with one attached hydrogen (secondary N) is 1. The molecule has 0 aliphatic rings. The van der Waals surface area contributed by atoms with Gasteiger partial charge in [0.2, 0.25) is 0 Å². The lowest BCUT2D eigenvalue weighted by Gasteiger charge is -2.13. The zero-order valence-electron chi connectivity index (χ0n) is 10.2. The fourth-order valence-corrected chi connectivity index (χ4v) is 2.62. The van der Waals surface area contributed by atoms with Gasteiger partial charge in [0.25, 0.3) is 0 Å². The molecule has 0 spiro atoms. The standard InChI is InChI=1S/C13H9Br2F3N2/c1-7-4-11(15)12(19-6-7)20-8-2-3-10(14)9(5-8)13(16,17)18/h2-6H,1H3,(H,19,20). The number of nitrogens with zero attached hydrogens (tertiary/aromatic N) is 1. The molecule has 0 bridgehead atoms. The summed E-state index contributed by atoms with van der Waals surface area (Å²) in [6, 6.07) is 5.78. The highest BCUT2D eigenvalue weighted by Crippen LogP contribution is 2.37. The van der Waals surface area contributed by atoms with E-state index in [0.29, 0.717) is 16.0 Å². The van der Waals surface area contributed by atoms with E-state index in [4.69, 9.17) is 0 Å². The van der Waals surface area contributed by atoms with E-state index in [0.717, 1.165) is 11.6 Å². The molecule has 0 amide bonds. The van der Waals surface area contributed by atoms with Gasteiger partial charge in [0.15, 0.2) is 0 Å². The fraction of sp³-hybridized carbons (Fsp3) is 0.154. The van der Waals surface area contributed by atoms with E-state index in [1.54, 1.807) is 12.3 Å². The maximum atomic E-state index is 12.8. The first-order valence-corrected chi connectivity index (χ1v) is 7.12. The van der Waals surface area contributed by atoms with Gasteiger partial charge in [0.05, 0.1) is 10.0 Å². The van der Waals surface area contributed by atoms with Crippen molar-refractivity contribution < 1.29 is 13.2 Å². The highest BCUT2D eigenvalue weighted by molar-refractivity contribution is 9.10. The number of halogens is 5. The molecule has 0 saturated carbocycles. The Balaban J connectivity index is 2.35. The summed E-state index contributed by atoms with van der Waals surface area (Å²) in [6.07, 6.45) is -2.77. The van der Waals surface area contributed by atoms with Gasteiger partial charge in [-0.3, -0.25) is 0 Å². The first-order chi connectivity index (χ1) is 9.27. The van der Waals surface area contributed by atoms with Gasteiger partial charge < -0.3 is 5.32 Å². The molecule has 106 valence electrons. The van der Waals surface area contributed by atoms with Crippen LogP contribution in [0.5, 0.6) is 0 Å². The molecule has 7 heteroatoms. The molecule has 0 unspecified atom stereocenters. The molecule has 1 aromatic heterocycles. The molecule has 1 aromatic carbocycles. The third-order valence-corrected chi connectivity index (χ3v) is 3.81. The smallest absolute Gasteiger partial charge is 0.339 e. The first-order valence-electron chi connectivity index (χ1n) is 5.53. The van der Waals surface area contributed by atoms with Crippen molar-refractivity contribution in [1.29, 1.82) is 0 Å². The minimum atomic E-state index is -4.41. The summed E-state index contributed by atoms with van der Waals surface area (Å²) in [4.78, 5) is 4.14. The van der Waals surface area contributed by atoms with Crippen molar-refractivity contribution in [2.24, 2.45) is 0 Å². The predicted octanol–water partition coefficient (Wildman–Crippen LogP) is 5.68. The van der Waals surface area contributed by atoms with E-state index >= 15 is 0 Å². The second-order valence-electron chi connectivity index (χ2n) is 4.16. The van der Waals surface area contributed by atoms with Crippen LogP contribution in [0.1, 0.15) is 11.1 Å². The molecule has 2 rings (SSSR count). The second-order valence-corrected chi connectivity index (χ2v) is 5.87. The van der Waals surface area contributed by atoms with Gasteiger partial charge >= 0.3 is 6.18 Å². The van der Waals surface area contributed by atoms with Crippen LogP contribution in [0, 0.1) is 6.92 Å². The van der Waals surface area contributed by atoms with Gasteiger partial charge in [-0.15, -0.1) is 0 Å². The number of pyridine rings is 1. The minimum absolute atomic E-state index is 0.00600. The summed E-state index contributed by atoms with van der Waals surface area (Å²) < 4.78 is 39.1. The zero-order valence-corrected chi connectivity index (χ0v) is 13.4. The van der Waals surface area contributed by atoms with Gasteiger partial charge in [0, 0.05) is 16.4 Å². The molecule has 2 aromatic rings. The lowest BCUT2D eigenvalue weighted by Crippen LogP contribution is -2.07. The first kappa shape index (κ1) is 15.3. The molecule has 1 heterocycles. The number of hydrogen-bond acceptors (Lipinski definition) is 2. The molecule has 0 fully saturated rings. The van der Waals surface area contributed by atoms with Crippen LogP contribution in [0.15, 0.2) is 39.4 Å². The third kappa shape index (κ3) is 3.52. The zero-order chi connectivity index (χ0) is 14.9. The molecule has 0 saturated heterocycles. The van der Waals surface area contributed by atoms with Crippen LogP contribution < -0.4 is 5.32 Å². The van der Waals surface area contributed by atoms with Crippen LogP contribution in [-0.4, -0.2) is 4.98 Å². The largest absolute Gasteiger partial charge is 0.417 e. The highest BCUT2D eigenvalue weighted by atomic mass is 79.9. The van der Waals surface area contributed by atoms with Crippen LogP contribution >= 0.6 is 31.9 Å². The van der Waals surface area contributed by atoms with Crippen molar-refractivity contribution >= 4 is 43.4 Å². The van der Waals surface area contributed by atoms with E-state index in [-0.39, 0.29) is 4.47 Å². The van der Waals surface area contributed by atoms with E-state index in [9.17, 15) is 13.2 Å². The van der Waals surface area contributed by atoms with Gasteiger partial charge in [-0.05, 0) is 52.7 Å². The Morgan fingerprint density at radius 2 is 1.80 bits per heavy atom. The molecule has 0 atom stereocenters. The average molecular weight is 410 g/mol. The van der Waals surface area contributed by atoms with Crippen molar-refractivity contribution in [3.63, 3.8) is 0 Å². The molecule has 0 aliphatic heterocycles. The SMILES string of the molecule is Cc1cnc(Nc2ccc(Br)c(C(F)(F)F)c2)c(Br)c1. The van der Waals surface area contributed by atoms with Crippen LogP contribution in [-0.2, 0) is 6.18 Å². The van der Waals surface area contributed by atoms with Crippen LogP contribution in [0.3, 0.4) is 0 Å². The summed E-state index contributed by atoms with van der Waals surface area (Å²) >= 11 is 6.22. The Labute approximate surface area is 130 Å². The molecule has 0 aliphatic carbocycles. The monoisotopic (exact) mass is 408 g/mol. The van der Waals surface area contributed by atoms with Crippen molar-refractivity contribution in [3.05, 3.63) is 50.5 Å². The summed E-state index contributed by atoms with van der Waals surface area (Å²) in [6.45, 7) is 1.88. The van der Waals surface area contributed by atoms with Crippen molar-refractivity contribution in [2.75, 3.05) is 5.32 Å². The maximum Gasteiger partial charge on any atom is 0.417 e. The minimum Gasteiger partial charge on any atom is -0.339 e. The Morgan fingerprint density at radius 3 is 2.40 bits per heavy atom. The Kier molecular flexibility index (Phi) is 4.39. The van der Waals surface area contributed by atoms with E-state index in [2.05, 4.69) is 42.2 Å². The number of rotatable bonds is 2. The van der Waals surface area contributed by atoms with Crippen LogP contribution in [0.2, 0.25) is 0 Å². The summed E-state index contributed by atoms with van der Waals surface area (Å²) in [7, 11) is 0. The van der Waals surface area contributed by atoms with E-state index in [1.165, 1.54) is 6.07 Å². The summed E-state index contributed by atoms with van der Waals surface area (Å²) in [5, 5.41) is 2.86. The topological polar surface area (TPSA) is 24.9 Å². The summed E-state index contributed by atoms with van der Waals surface area (Å²) in [5.41, 5.74) is 0.539. The Hall–Kier alpha value is -1.08. The molecule has 0 radical (unpaired) electrons. The van der Waals surface area contributed by atoms with Crippen molar-refractivity contribution in [1.82, 2.24) is 4.98 Å². The van der Waals surface area contributed by atoms with Gasteiger partial charge in [-0.25, -0.2) is 4.98 Å². The van der Waals surface area contributed by atoms with E-state index in [1.807, 2.05) is 13.0 Å². The van der Waals surface area contributed by atoms with Gasteiger partial charge in [0.1, 0.15) is 5.82 Å². The van der Waals surface area contributed by atoms with Crippen molar-refractivity contribution in [3.8, 4) is 0 Å². The molecular formula is C13H9Br2F3N2. The Bertz CT molecular complexity index is 642. The molecule has 2 nitrogen and oxygen atoms in total. The molecule has 20 heavy (non-hydrogen) atoms. The highest BCUT2D eigenvalue weighted by Gasteiger charge is 2.33. The lowest BCUT2D eigenvalue weighted by molar-refractivity contribution is -0.138. The maximum absolute atomic E-state index is 12.8. The molecular weight excluding hydrogens is 401 g/mol. The third-order valence-electron chi connectivity index (χ3n) is 2.51. The van der Waals surface area contributed by atoms with E-state index < -0.39 is 11.7 Å². The number of alkyl halides is 3. The quantitative estimate of drug-likeness (QED) is 0.690. The Morgan fingerprint density at radius 1 is 1.10 bits per heavy atom. The van der Waals surface area contributed by atoms with Crippen molar-refractivity contribution in [2.45, 2.75) is 13.1 Å². The van der Waals surface area contributed by atoms with Crippen LogP contribution in [0.25, 0.3) is 0 Å². The van der Waals surface area contributed by atoms with Crippen LogP contribution in [0.4, 0.5) is 24.7 Å². The lowest BCUT2D eigenvalue weighted by atomic mass is 10.2. The molecule has 1 N–H and O–H groups in total. The summed E-state index contributed by atoms with van der Waals surface area (Å²) in [5.74, 6) is 0.464. The number of benzene rings is 1. The number of anilines is 2. The average Bonchev–Trinajstić information content (AvgIpc) is 2.33. The second kappa shape index (κ2) is 5.73. The normalized spacial score (nSPS) is 11.5. The predicted molar refractivity (Wildman–Crippen MR) is 79.1 cm³/mol. The van der Waals surface area contributed by atoms with Gasteiger partial charge in [-0.1, -0.05) is 15.9 Å². The fourth-order valence-electron chi connectivity index (χ4n) is 1.58. The number of aromatic nitrogens is 1. The number of hydrogen-bond donors (Lipinski definition) is 1.